The molecule has 27 heavy (non-hydrogen) atoms. The molecule has 1 amide bonds. The molecule has 0 radical (unpaired) electrons. The zero-order chi connectivity index (χ0) is 20.0. The van der Waals surface area contributed by atoms with Crippen molar-refractivity contribution < 1.29 is 18.0 Å². The molecule has 0 saturated carbocycles. The molecule has 2 unspecified atom stereocenters. The lowest BCUT2D eigenvalue weighted by molar-refractivity contribution is -0.184. The fraction of sp³-hybridized carbons (Fsp3) is 0.650. The van der Waals surface area contributed by atoms with Crippen LogP contribution in [0.1, 0.15) is 50.2 Å². The first kappa shape index (κ1) is 21.7. The Morgan fingerprint density at radius 1 is 1.11 bits per heavy atom. The van der Waals surface area contributed by atoms with Gasteiger partial charge in [0.25, 0.3) is 0 Å². The smallest absolute Gasteiger partial charge is 0.354 e. The Labute approximate surface area is 159 Å². The molecule has 1 aromatic rings. The van der Waals surface area contributed by atoms with Crippen LogP contribution in [0.2, 0.25) is 0 Å². The average molecular weight is 385 g/mol. The van der Waals surface area contributed by atoms with Gasteiger partial charge in [0.15, 0.2) is 0 Å². The highest BCUT2D eigenvalue weighted by molar-refractivity contribution is 5.76. The van der Waals surface area contributed by atoms with Crippen LogP contribution in [0.5, 0.6) is 0 Å². The van der Waals surface area contributed by atoms with E-state index in [2.05, 4.69) is 24.5 Å². The standard InChI is InChI=1S/C20H30F3N3O/c1-14(2)16-4-6-17(7-5-16)15(3)12-19(27)25-13-18(20(21,22)23)26-10-8-24-9-11-26/h4-7,14-15,18,24H,8-13H2,1-3H3,(H,25,27). The van der Waals surface area contributed by atoms with Gasteiger partial charge in [0.2, 0.25) is 5.91 Å². The third-order valence-corrected chi connectivity index (χ3v) is 5.13. The number of amides is 1. The van der Waals surface area contributed by atoms with Gasteiger partial charge in [-0.2, -0.15) is 13.2 Å². The number of nitrogens with zero attached hydrogens (tertiary/aromatic N) is 1. The van der Waals surface area contributed by atoms with Gasteiger partial charge < -0.3 is 10.6 Å². The van der Waals surface area contributed by atoms with Crippen molar-refractivity contribution in [1.82, 2.24) is 15.5 Å². The Balaban J connectivity index is 1.89. The summed E-state index contributed by atoms with van der Waals surface area (Å²) in [6.07, 6.45) is -4.18. The molecule has 0 aromatic heterocycles. The molecule has 0 bridgehead atoms. The molecule has 4 nitrogen and oxygen atoms in total. The lowest BCUT2D eigenvalue weighted by atomic mass is 9.94. The number of halogens is 3. The largest absolute Gasteiger partial charge is 0.405 e. The van der Waals surface area contributed by atoms with Crippen LogP contribution in [-0.2, 0) is 4.79 Å². The minimum Gasteiger partial charge on any atom is -0.354 e. The minimum absolute atomic E-state index is 0.0465. The summed E-state index contributed by atoms with van der Waals surface area (Å²) < 4.78 is 40.1. The fourth-order valence-corrected chi connectivity index (χ4v) is 3.33. The number of piperazine rings is 1. The number of benzene rings is 1. The predicted octanol–water partition coefficient (Wildman–Crippen LogP) is 3.26. The number of nitrogens with one attached hydrogen (secondary N) is 2. The summed E-state index contributed by atoms with van der Waals surface area (Å²) in [5, 5.41) is 5.54. The maximum Gasteiger partial charge on any atom is 0.405 e. The van der Waals surface area contributed by atoms with E-state index in [0.717, 1.165) is 5.56 Å². The second-order valence-corrected chi connectivity index (χ2v) is 7.57. The van der Waals surface area contributed by atoms with E-state index in [9.17, 15) is 18.0 Å². The molecule has 2 rings (SSSR count). The fourth-order valence-electron chi connectivity index (χ4n) is 3.33. The molecule has 1 aliphatic rings. The highest BCUT2D eigenvalue weighted by atomic mass is 19.4. The number of rotatable bonds is 7. The number of hydrogen-bond donors (Lipinski definition) is 2. The lowest BCUT2D eigenvalue weighted by Crippen LogP contribution is -2.57. The Morgan fingerprint density at radius 3 is 2.19 bits per heavy atom. The number of carbonyl (C=O) groups is 1. The lowest BCUT2D eigenvalue weighted by Gasteiger charge is -2.36. The molecule has 2 atom stereocenters. The van der Waals surface area contributed by atoms with E-state index in [4.69, 9.17) is 0 Å². The molecule has 1 heterocycles. The van der Waals surface area contributed by atoms with Crippen LogP contribution in [0.25, 0.3) is 0 Å². The zero-order valence-electron chi connectivity index (χ0n) is 16.3. The molecule has 1 saturated heterocycles. The molecule has 1 aliphatic heterocycles. The molecule has 1 fully saturated rings. The van der Waals surface area contributed by atoms with Gasteiger partial charge in [-0.25, -0.2) is 0 Å². The first-order valence-electron chi connectivity index (χ1n) is 9.56. The molecule has 7 heteroatoms. The Morgan fingerprint density at radius 2 is 1.67 bits per heavy atom. The second kappa shape index (κ2) is 9.55. The first-order chi connectivity index (χ1) is 12.7. The van der Waals surface area contributed by atoms with Gasteiger partial charge in [-0.3, -0.25) is 9.69 Å². The summed E-state index contributed by atoms with van der Waals surface area (Å²) >= 11 is 0. The minimum atomic E-state index is -4.36. The zero-order valence-corrected chi connectivity index (χ0v) is 16.3. The number of carbonyl (C=O) groups excluding carboxylic acids is 1. The Hall–Kier alpha value is -1.60. The van der Waals surface area contributed by atoms with Gasteiger partial charge in [0.1, 0.15) is 6.04 Å². The van der Waals surface area contributed by atoms with Gasteiger partial charge in [0, 0.05) is 39.1 Å². The maximum absolute atomic E-state index is 13.4. The highest BCUT2D eigenvalue weighted by Gasteiger charge is 2.43. The van der Waals surface area contributed by atoms with E-state index < -0.39 is 18.8 Å². The normalized spacial score (nSPS) is 18.3. The van der Waals surface area contributed by atoms with Gasteiger partial charge in [-0.05, 0) is 23.0 Å². The highest BCUT2D eigenvalue weighted by Crippen LogP contribution is 2.25. The van der Waals surface area contributed by atoms with E-state index in [0.29, 0.717) is 32.1 Å². The summed E-state index contributed by atoms with van der Waals surface area (Å²) in [5.41, 5.74) is 2.24. The van der Waals surface area contributed by atoms with Crippen LogP contribution < -0.4 is 10.6 Å². The molecular weight excluding hydrogens is 355 g/mol. The van der Waals surface area contributed by atoms with Crippen LogP contribution >= 0.6 is 0 Å². The van der Waals surface area contributed by atoms with Crippen LogP contribution in [0.15, 0.2) is 24.3 Å². The van der Waals surface area contributed by atoms with Gasteiger partial charge in [-0.15, -0.1) is 0 Å². The van der Waals surface area contributed by atoms with Crippen molar-refractivity contribution in [3.63, 3.8) is 0 Å². The third kappa shape index (κ3) is 6.50. The van der Waals surface area contributed by atoms with Crippen LogP contribution in [0, 0.1) is 0 Å². The van der Waals surface area contributed by atoms with Gasteiger partial charge in [-0.1, -0.05) is 45.0 Å². The van der Waals surface area contributed by atoms with Crippen molar-refractivity contribution in [3.8, 4) is 0 Å². The summed E-state index contributed by atoms with van der Waals surface area (Å²) in [7, 11) is 0. The molecule has 0 aliphatic carbocycles. The van der Waals surface area contributed by atoms with Crippen molar-refractivity contribution >= 4 is 5.91 Å². The van der Waals surface area contributed by atoms with E-state index >= 15 is 0 Å². The summed E-state index contributed by atoms with van der Waals surface area (Å²) in [4.78, 5) is 13.6. The van der Waals surface area contributed by atoms with E-state index in [1.54, 1.807) is 0 Å². The van der Waals surface area contributed by atoms with E-state index in [1.165, 1.54) is 10.5 Å². The van der Waals surface area contributed by atoms with Crippen molar-refractivity contribution in [1.29, 1.82) is 0 Å². The topological polar surface area (TPSA) is 44.4 Å². The monoisotopic (exact) mass is 385 g/mol. The number of alkyl halides is 3. The SMILES string of the molecule is CC(C)c1ccc(C(C)CC(=O)NCC(N2CCNCC2)C(F)(F)F)cc1. The molecule has 2 N–H and O–H groups in total. The Kier molecular flexibility index (Phi) is 7.68. The average Bonchev–Trinajstić information content (AvgIpc) is 2.61. The van der Waals surface area contributed by atoms with E-state index in [-0.39, 0.29) is 18.2 Å². The molecule has 0 spiro atoms. The second-order valence-electron chi connectivity index (χ2n) is 7.57. The van der Waals surface area contributed by atoms with Gasteiger partial charge in [0.05, 0.1) is 0 Å². The first-order valence-corrected chi connectivity index (χ1v) is 9.56. The predicted molar refractivity (Wildman–Crippen MR) is 101 cm³/mol. The molecule has 1 aromatic carbocycles. The van der Waals surface area contributed by atoms with Gasteiger partial charge >= 0.3 is 6.18 Å². The van der Waals surface area contributed by atoms with E-state index in [1.807, 2.05) is 31.2 Å². The van der Waals surface area contributed by atoms with Crippen LogP contribution in [-0.4, -0.2) is 55.7 Å². The van der Waals surface area contributed by atoms with Crippen LogP contribution in [0.4, 0.5) is 13.2 Å². The maximum atomic E-state index is 13.4. The van der Waals surface area contributed by atoms with Crippen molar-refractivity contribution in [2.45, 2.75) is 51.2 Å². The molecular formula is C20H30F3N3O. The van der Waals surface area contributed by atoms with Crippen LogP contribution in [0.3, 0.4) is 0 Å². The third-order valence-electron chi connectivity index (χ3n) is 5.13. The summed E-state index contributed by atoms with van der Waals surface area (Å²) in [6, 6.07) is 6.43. The summed E-state index contributed by atoms with van der Waals surface area (Å²) in [6.45, 7) is 7.47. The molecule has 152 valence electrons. The van der Waals surface area contributed by atoms with Crippen molar-refractivity contribution in [2.75, 3.05) is 32.7 Å². The quantitative estimate of drug-likeness (QED) is 0.757. The Bertz CT molecular complexity index is 595. The van der Waals surface area contributed by atoms with Crippen molar-refractivity contribution in [3.05, 3.63) is 35.4 Å². The summed E-state index contributed by atoms with van der Waals surface area (Å²) in [5.74, 6) is 0.0384. The van der Waals surface area contributed by atoms with Crippen molar-refractivity contribution in [2.24, 2.45) is 0 Å². The number of hydrogen-bond acceptors (Lipinski definition) is 3.